The predicted molar refractivity (Wildman–Crippen MR) is 70.2 cm³/mol. The van der Waals surface area contributed by atoms with Crippen molar-refractivity contribution in [3.63, 3.8) is 0 Å². The maximum atomic E-state index is 11.8. The van der Waals surface area contributed by atoms with Crippen LogP contribution in [0.15, 0.2) is 0 Å². The minimum atomic E-state index is 0.277. The number of carbonyl (C=O) groups excluding carboxylic acids is 1. The number of amides is 1. The summed E-state index contributed by atoms with van der Waals surface area (Å²) < 4.78 is 5.35. The largest absolute Gasteiger partial charge is 0.379 e. The first-order valence-electron chi connectivity index (χ1n) is 7.00. The van der Waals surface area contributed by atoms with Gasteiger partial charge in [-0.25, -0.2) is 0 Å². The van der Waals surface area contributed by atoms with Gasteiger partial charge >= 0.3 is 0 Å². The van der Waals surface area contributed by atoms with E-state index >= 15 is 0 Å². The second-order valence-electron chi connectivity index (χ2n) is 5.43. The second-order valence-corrected chi connectivity index (χ2v) is 5.43. The molecule has 2 unspecified atom stereocenters. The van der Waals surface area contributed by atoms with E-state index in [9.17, 15) is 4.79 Å². The van der Waals surface area contributed by atoms with Crippen LogP contribution in [0, 0.1) is 5.92 Å². The predicted octanol–water partition coefficient (Wildman–Crippen LogP) is -0.0956. The van der Waals surface area contributed by atoms with Crippen LogP contribution in [0.5, 0.6) is 0 Å². The van der Waals surface area contributed by atoms with E-state index in [0.717, 1.165) is 45.8 Å². The van der Waals surface area contributed by atoms with Crippen molar-refractivity contribution in [3.8, 4) is 0 Å². The minimum Gasteiger partial charge on any atom is -0.379 e. The molecule has 104 valence electrons. The molecule has 0 aromatic carbocycles. The molecule has 0 aromatic heterocycles. The van der Waals surface area contributed by atoms with Gasteiger partial charge in [-0.2, -0.15) is 0 Å². The average molecular weight is 255 g/mol. The van der Waals surface area contributed by atoms with E-state index in [1.54, 1.807) is 0 Å². The average Bonchev–Trinajstić information content (AvgIpc) is 2.77. The number of hydrogen-bond acceptors (Lipinski definition) is 4. The Hall–Kier alpha value is -0.650. The van der Waals surface area contributed by atoms with E-state index in [-0.39, 0.29) is 5.91 Å². The third-order valence-electron chi connectivity index (χ3n) is 4.11. The summed E-state index contributed by atoms with van der Waals surface area (Å²) >= 11 is 0. The summed E-state index contributed by atoms with van der Waals surface area (Å²) in [6.45, 7) is 8.29. The van der Waals surface area contributed by atoms with E-state index in [1.807, 2.05) is 4.90 Å². The van der Waals surface area contributed by atoms with E-state index in [1.165, 1.54) is 0 Å². The molecule has 2 aliphatic heterocycles. The van der Waals surface area contributed by atoms with Gasteiger partial charge in [0.1, 0.15) is 0 Å². The van der Waals surface area contributed by atoms with Gasteiger partial charge in [-0.05, 0) is 25.8 Å². The summed E-state index contributed by atoms with van der Waals surface area (Å²) in [6, 6.07) is 0.527. The molecule has 0 aromatic rings. The third kappa shape index (κ3) is 3.43. The zero-order valence-corrected chi connectivity index (χ0v) is 11.3. The molecule has 5 heteroatoms. The highest BCUT2D eigenvalue weighted by molar-refractivity contribution is 5.78. The Morgan fingerprint density at radius 1 is 1.44 bits per heavy atom. The van der Waals surface area contributed by atoms with Gasteiger partial charge in [0, 0.05) is 38.6 Å². The third-order valence-corrected chi connectivity index (χ3v) is 4.11. The number of carbonyl (C=O) groups is 1. The van der Waals surface area contributed by atoms with E-state index in [0.29, 0.717) is 24.9 Å². The van der Waals surface area contributed by atoms with Crippen molar-refractivity contribution in [1.29, 1.82) is 0 Å². The number of morpholine rings is 1. The van der Waals surface area contributed by atoms with E-state index in [2.05, 4.69) is 11.8 Å². The molecule has 2 atom stereocenters. The van der Waals surface area contributed by atoms with Gasteiger partial charge in [-0.3, -0.25) is 9.69 Å². The van der Waals surface area contributed by atoms with Gasteiger partial charge in [0.2, 0.25) is 5.91 Å². The lowest BCUT2D eigenvalue weighted by Crippen LogP contribution is -2.43. The van der Waals surface area contributed by atoms with Crippen molar-refractivity contribution >= 4 is 5.91 Å². The summed E-state index contributed by atoms with van der Waals surface area (Å²) in [4.78, 5) is 16.2. The SMILES string of the molecule is CC(CCN1CC(CN)CC1=O)N1CCOCC1. The molecule has 1 amide bonds. The maximum absolute atomic E-state index is 11.8. The quantitative estimate of drug-likeness (QED) is 0.745. The molecule has 0 radical (unpaired) electrons. The topological polar surface area (TPSA) is 58.8 Å². The highest BCUT2D eigenvalue weighted by atomic mass is 16.5. The first kappa shape index (κ1) is 13.8. The first-order chi connectivity index (χ1) is 8.70. The van der Waals surface area contributed by atoms with E-state index < -0.39 is 0 Å². The molecule has 2 heterocycles. The molecule has 0 bridgehead atoms. The molecule has 2 fully saturated rings. The van der Waals surface area contributed by atoms with Gasteiger partial charge < -0.3 is 15.4 Å². The summed E-state index contributed by atoms with van der Waals surface area (Å²) in [5.74, 6) is 0.649. The van der Waals surface area contributed by atoms with Crippen molar-refractivity contribution in [3.05, 3.63) is 0 Å². The van der Waals surface area contributed by atoms with Crippen molar-refractivity contribution < 1.29 is 9.53 Å². The number of rotatable bonds is 5. The summed E-state index contributed by atoms with van der Waals surface area (Å²) in [5, 5.41) is 0. The van der Waals surface area contributed by atoms with Gasteiger partial charge in [0.25, 0.3) is 0 Å². The number of nitrogens with zero attached hydrogens (tertiary/aromatic N) is 2. The second kappa shape index (κ2) is 6.50. The molecule has 2 aliphatic rings. The molecule has 2 rings (SSSR count). The Morgan fingerprint density at radius 2 is 2.17 bits per heavy atom. The smallest absolute Gasteiger partial charge is 0.222 e. The number of ether oxygens (including phenoxy) is 1. The van der Waals surface area contributed by atoms with E-state index in [4.69, 9.17) is 10.5 Å². The summed E-state index contributed by atoms with van der Waals surface area (Å²) in [7, 11) is 0. The standard InChI is InChI=1S/C13H25N3O2/c1-11(15-4-6-18-7-5-15)2-3-16-10-12(9-14)8-13(16)17/h11-12H,2-10,14H2,1H3. The Kier molecular flexibility index (Phi) is 4.97. The molecule has 0 spiro atoms. The fourth-order valence-corrected chi connectivity index (χ4v) is 2.77. The zero-order valence-electron chi connectivity index (χ0n) is 11.3. The molecular formula is C13H25N3O2. The lowest BCUT2D eigenvalue weighted by atomic mass is 10.1. The Labute approximate surface area is 109 Å². The number of nitrogens with two attached hydrogens (primary N) is 1. The lowest BCUT2D eigenvalue weighted by Gasteiger charge is -2.33. The van der Waals surface area contributed by atoms with Crippen LogP contribution in [0.3, 0.4) is 0 Å². The highest BCUT2D eigenvalue weighted by Crippen LogP contribution is 2.18. The summed E-state index contributed by atoms with van der Waals surface area (Å²) in [6.07, 6.45) is 1.69. The number of hydrogen-bond donors (Lipinski definition) is 1. The van der Waals surface area contributed by atoms with Crippen LogP contribution < -0.4 is 5.73 Å². The van der Waals surface area contributed by atoms with Crippen LogP contribution in [-0.4, -0.2) is 67.7 Å². The fourth-order valence-electron chi connectivity index (χ4n) is 2.77. The maximum Gasteiger partial charge on any atom is 0.222 e. The van der Waals surface area contributed by atoms with Crippen LogP contribution in [0.2, 0.25) is 0 Å². The Balaban J connectivity index is 1.72. The molecule has 2 saturated heterocycles. The Morgan fingerprint density at radius 3 is 2.78 bits per heavy atom. The van der Waals surface area contributed by atoms with Crippen LogP contribution in [-0.2, 0) is 9.53 Å². The Bertz CT molecular complexity index is 279. The summed E-state index contributed by atoms with van der Waals surface area (Å²) in [5.41, 5.74) is 5.63. The molecule has 18 heavy (non-hydrogen) atoms. The lowest BCUT2D eigenvalue weighted by molar-refractivity contribution is -0.127. The fraction of sp³-hybridized carbons (Fsp3) is 0.923. The molecular weight excluding hydrogens is 230 g/mol. The monoisotopic (exact) mass is 255 g/mol. The molecule has 2 N–H and O–H groups in total. The van der Waals surface area contributed by atoms with Crippen molar-refractivity contribution in [2.75, 3.05) is 45.9 Å². The van der Waals surface area contributed by atoms with Crippen molar-refractivity contribution in [2.24, 2.45) is 11.7 Å². The van der Waals surface area contributed by atoms with Gasteiger partial charge in [0.05, 0.1) is 13.2 Å². The van der Waals surface area contributed by atoms with Crippen LogP contribution in [0.4, 0.5) is 0 Å². The molecule has 0 aliphatic carbocycles. The minimum absolute atomic E-state index is 0.277. The zero-order chi connectivity index (χ0) is 13.0. The van der Waals surface area contributed by atoms with Crippen LogP contribution in [0.25, 0.3) is 0 Å². The van der Waals surface area contributed by atoms with Gasteiger partial charge in [-0.1, -0.05) is 0 Å². The van der Waals surface area contributed by atoms with Gasteiger partial charge in [0.15, 0.2) is 0 Å². The number of likely N-dealkylation sites (tertiary alicyclic amines) is 1. The molecule has 5 nitrogen and oxygen atoms in total. The van der Waals surface area contributed by atoms with Gasteiger partial charge in [-0.15, -0.1) is 0 Å². The first-order valence-corrected chi connectivity index (χ1v) is 7.00. The van der Waals surface area contributed by atoms with Crippen LogP contribution in [0.1, 0.15) is 19.8 Å². The van der Waals surface area contributed by atoms with Crippen molar-refractivity contribution in [1.82, 2.24) is 9.80 Å². The molecule has 0 saturated carbocycles. The normalized spacial score (nSPS) is 27.8. The highest BCUT2D eigenvalue weighted by Gasteiger charge is 2.28. The van der Waals surface area contributed by atoms with Crippen LogP contribution >= 0.6 is 0 Å². The van der Waals surface area contributed by atoms with Crippen molar-refractivity contribution in [2.45, 2.75) is 25.8 Å².